The van der Waals surface area contributed by atoms with Crippen molar-refractivity contribution in [3.63, 3.8) is 0 Å². The van der Waals surface area contributed by atoms with Crippen LogP contribution in [0.5, 0.6) is 0 Å². The molecule has 0 aromatic rings. The van der Waals surface area contributed by atoms with Crippen LogP contribution in [0.3, 0.4) is 0 Å². The van der Waals surface area contributed by atoms with E-state index in [1.165, 1.54) is 25.7 Å². The number of hydrogen-bond donors (Lipinski definition) is 1. The predicted octanol–water partition coefficient (Wildman–Crippen LogP) is 2.16. The van der Waals surface area contributed by atoms with Gasteiger partial charge in [0.1, 0.15) is 0 Å². The first-order valence-corrected chi connectivity index (χ1v) is 4.45. The van der Waals surface area contributed by atoms with E-state index in [9.17, 15) is 0 Å². The third-order valence-corrected chi connectivity index (χ3v) is 2.72. The van der Waals surface area contributed by atoms with Crippen molar-refractivity contribution in [2.75, 3.05) is 0 Å². The first kappa shape index (κ1) is 8.06. The molecule has 1 aliphatic carbocycles. The molecule has 0 saturated heterocycles. The van der Waals surface area contributed by atoms with Crippen LogP contribution in [-0.4, -0.2) is 6.04 Å². The van der Waals surface area contributed by atoms with Gasteiger partial charge in [-0.25, -0.2) is 0 Å². The highest BCUT2D eigenvalue weighted by molar-refractivity contribution is 4.75. The number of hydrogen-bond acceptors (Lipinski definition) is 1. The number of rotatable bonds is 1. The van der Waals surface area contributed by atoms with Crippen LogP contribution >= 0.6 is 0 Å². The summed E-state index contributed by atoms with van der Waals surface area (Å²) in [6.07, 6.45) is 5.54. The van der Waals surface area contributed by atoms with Gasteiger partial charge in [0.15, 0.2) is 0 Å². The van der Waals surface area contributed by atoms with Gasteiger partial charge in [0.25, 0.3) is 0 Å². The Bertz CT molecular complexity index is 98.9. The molecule has 60 valence electrons. The smallest absolute Gasteiger partial charge is 0.00388 e. The second-order valence-corrected chi connectivity index (χ2v) is 3.89. The molecule has 0 aromatic heterocycles. The van der Waals surface area contributed by atoms with E-state index >= 15 is 0 Å². The van der Waals surface area contributed by atoms with Gasteiger partial charge >= 0.3 is 0 Å². The molecular formula is C9H19N. The standard InChI is InChI=1S/C9H19N/c1-7-4-3-5-9(6-7)8(2)10/h7-9H,3-6,10H2,1-2H3/t7-,8-,9-/m0/s1. The van der Waals surface area contributed by atoms with Crippen LogP contribution in [0.15, 0.2) is 0 Å². The van der Waals surface area contributed by atoms with Gasteiger partial charge in [-0.2, -0.15) is 0 Å². The van der Waals surface area contributed by atoms with Gasteiger partial charge in [0, 0.05) is 6.04 Å². The lowest BCUT2D eigenvalue weighted by Gasteiger charge is -2.29. The Hall–Kier alpha value is -0.0400. The fraction of sp³-hybridized carbons (Fsp3) is 1.00. The quantitative estimate of drug-likeness (QED) is 0.595. The van der Waals surface area contributed by atoms with Crippen LogP contribution in [0.2, 0.25) is 0 Å². The average molecular weight is 141 g/mol. The summed E-state index contributed by atoms with van der Waals surface area (Å²) in [6.45, 7) is 4.48. The van der Waals surface area contributed by atoms with Crippen LogP contribution in [0, 0.1) is 11.8 Å². The van der Waals surface area contributed by atoms with Crippen LogP contribution in [-0.2, 0) is 0 Å². The van der Waals surface area contributed by atoms with E-state index in [4.69, 9.17) is 5.73 Å². The molecule has 0 radical (unpaired) electrons. The van der Waals surface area contributed by atoms with Gasteiger partial charge < -0.3 is 5.73 Å². The van der Waals surface area contributed by atoms with Gasteiger partial charge in [0.05, 0.1) is 0 Å². The monoisotopic (exact) mass is 141 g/mol. The first-order chi connectivity index (χ1) is 4.70. The zero-order chi connectivity index (χ0) is 7.56. The molecule has 10 heavy (non-hydrogen) atoms. The Balaban J connectivity index is 2.32. The Morgan fingerprint density at radius 3 is 2.50 bits per heavy atom. The van der Waals surface area contributed by atoms with Crippen molar-refractivity contribution in [3.8, 4) is 0 Å². The van der Waals surface area contributed by atoms with Crippen LogP contribution in [0.25, 0.3) is 0 Å². The van der Waals surface area contributed by atoms with E-state index in [-0.39, 0.29) is 0 Å². The molecule has 0 bridgehead atoms. The molecule has 1 aliphatic rings. The summed E-state index contributed by atoms with van der Waals surface area (Å²) in [4.78, 5) is 0. The Labute approximate surface area is 64.0 Å². The molecule has 2 N–H and O–H groups in total. The van der Waals surface area contributed by atoms with Crippen LogP contribution < -0.4 is 5.73 Å². The topological polar surface area (TPSA) is 26.0 Å². The minimum Gasteiger partial charge on any atom is -0.328 e. The molecule has 1 fully saturated rings. The SMILES string of the molecule is C[C@H]1CCC[C@H]([C@H](C)N)C1. The number of nitrogens with two attached hydrogens (primary N) is 1. The van der Waals surface area contributed by atoms with Crippen molar-refractivity contribution in [2.45, 2.75) is 45.6 Å². The average Bonchev–Trinajstić information content (AvgIpc) is 1.88. The largest absolute Gasteiger partial charge is 0.328 e. The van der Waals surface area contributed by atoms with Gasteiger partial charge in [-0.1, -0.05) is 19.8 Å². The minimum atomic E-state index is 0.419. The third-order valence-electron chi connectivity index (χ3n) is 2.72. The highest BCUT2D eigenvalue weighted by atomic mass is 14.6. The minimum absolute atomic E-state index is 0.419. The lowest BCUT2D eigenvalue weighted by molar-refractivity contribution is 0.254. The Kier molecular flexibility index (Phi) is 2.72. The van der Waals surface area contributed by atoms with E-state index in [0.717, 1.165) is 11.8 Å². The maximum Gasteiger partial charge on any atom is 0.00388 e. The molecule has 0 spiro atoms. The second-order valence-electron chi connectivity index (χ2n) is 3.89. The molecule has 0 aromatic carbocycles. The molecule has 1 saturated carbocycles. The lowest BCUT2D eigenvalue weighted by Crippen LogP contribution is -2.30. The van der Waals surface area contributed by atoms with Crippen LogP contribution in [0.4, 0.5) is 0 Å². The van der Waals surface area contributed by atoms with Crippen molar-refractivity contribution >= 4 is 0 Å². The lowest BCUT2D eigenvalue weighted by atomic mass is 9.79. The molecule has 3 atom stereocenters. The van der Waals surface area contributed by atoms with E-state index in [0.29, 0.717) is 6.04 Å². The van der Waals surface area contributed by atoms with Crippen LogP contribution in [0.1, 0.15) is 39.5 Å². The van der Waals surface area contributed by atoms with E-state index in [1.54, 1.807) is 0 Å². The van der Waals surface area contributed by atoms with Crippen molar-refractivity contribution in [1.82, 2.24) is 0 Å². The first-order valence-electron chi connectivity index (χ1n) is 4.45. The van der Waals surface area contributed by atoms with Crippen molar-refractivity contribution in [2.24, 2.45) is 17.6 Å². The molecule has 0 unspecified atom stereocenters. The van der Waals surface area contributed by atoms with Crippen molar-refractivity contribution in [3.05, 3.63) is 0 Å². The van der Waals surface area contributed by atoms with Gasteiger partial charge in [-0.3, -0.25) is 0 Å². The van der Waals surface area contributed by atoms with Gasteiger partial charge in [-0.15, -0.1) is 0 Å². The molecular weight excluding hydrogens is 122 g/mol. The fourth-order valence-corrected chi connectivity index (χ4v) is 1.96. The molecule has 0 heterocycles. The zero-order valence-electron chi connectivity index (χ0n) is 7.14. The molecule has 1 nitrogen and oxygen atoms in total. The molecule has 1 rings (SSSR count). The Morgan fingerprint density at radius 2 is 2.10 bits per heavy atom. The summed E-state index contributed by atoms with van der Waals surface area (Å²) in [5.41, 5.74) is 5.83. The summed E-state index contributed by atoms with van der Waals surface area (Å²) in [5.74, 6) is 1.73. The van der Waals surface area contributed by atoms with Crippen molar-refractivity contribution < 1.29 is 0 Å². The van der Waals surface area contributed by atoms with Gasteiger partial charge in [0.2, 0.25) is 0 Å². The summed E-state index contributed by atoms with van der Waals surface area (Å²) >= 11 is 0. The normalized spacial score (nSPS) is 37.5. The highest BCUT2D eigenvalue weighted by Gasteiger charge is 2.21. The third kappa shape index (κ3) is 1.98. The van der Waals surface area contributed by atoms with E-state index in [2.05, 4.69) is 13.8 Å². The second kappa shape index (κ2) is 3.38. The molecule has 0 amide bonds. The predicted molar refractivity (Wildman–Crippen MR) is 44.8 cm³/mol. The highest BCUT2D eigenvalue weighted by Crippen LogP contribution is 2.29. The maximum absolute atomic E-state index is 5.83. The molecule has 0 aliphatic heterocycles. The van der Waals surface area contributed by atoms with E-state index in [1.807, 2.05) is 0 Å². The summed E-state index contributed by atoms with van der Waals surface area (Å²) < 4.78 is 0. The van der Waals surface area contributed by atoms with Crippen molar-refractivity contribution in [1.29, 1.82) is 0 Å². The summed E-state index contributed by atoms with van der Waals surface area (Å²) in [7, 11) is 0. The summed E-state index contributed by atoms with van der Waals surface area (Å²) in [5, 5.41) is 0. The fourth-order valence-electron chi connectivity index (χ4n) is 1.96. The Morgan fingerprint density at radius 1 is 1.40 bits per heavy atom. The maximum atomic E-state index is 5.83. The van der Waals surface area contributed by atoms with E-state index < -0.39 is 0 Å². The summed E-state index contributed by atoms with van der Waals surface area (Å²) in [6, 6.07) is 0.419. The zero-order valence-corrected chi connectivity index (χ0v) is 7.14. The molecule has 1 heteroatoms. The van der Waals surface area contributed by atoms with Gasteiger partial charge in [-0.05, 0) is 31.6 Å².